The van der Waals surface area contributed by atoms with Crippen LogP contribution in [0, 0.1) is 0 Å². The van der Waals surface area contributed by atoms with Gasteiger partial charge in [0, 0.05) is 0 Å². The molecule has 0 amide bonds. The molecule has 0 saturated heterocycles. The molecule has 17 heavy (non-hydrogen) atoms. The van der Waals surface area contributed by atoms with Crippen LogP contribution in [-0.4, -0.2) is 24.1 Å². The van der Waals surface area contributed by atoms with E-state index < -0.39 is 11.5 Å². The van der Waals surface area contributed by atoms with E-state index in [1.807, 2.05) is 31.2 Å². The predicted octanol–water partition coefficient (Wildman–Crippen LogP) is 2.07. The molecule has 0 unspecified atom stereocenters. The summed E-state index contributed by atoms with van der Waals surface area (Å²) in [6.45, 7) is 1.91. The number of aliphatic hydroxyl groups excluding tert-OH is 1. The summed E-state index contributed by atoms with van der Waals surface area (Å²) in [5.41, 5.74) is 0.354. The summed E-state index contributed by atoms with van der Waals surface area (Å²) < 4.78 is 5.18. The number of hydrogen-bond donors (Lipinski definition) is 1. The topological polar surface area (TPSA) is 46.5 Å². The maximum atomic E-state index is 12.2. The maximum Gasteiger partial charge on any atom is 0.171 e. The van der Waals surface area contributed by atoms with Gasteiger partial charge in [-0.1, -0.05) is 12.1 Å². The van der Waals surface area contributed by atoms with Crippen LogP contribution >= 0.6 is 0 Å². The molecule has 0 radical (unpaired) electrons. The van der Waals surface area contributed by atoms with E-state index in [0.717, 1.165) is 24.2 Å². The number of carbonyl (C=O) groups is 1. The molecule has 0 heterocycles. The molecule has 1 saturated carbocycles. The lowest BCUT2D eigenvalue weighted by Gasteiger charge is -2.35. The molecule has 0 aliphatic heterocycles. The van der Waals surface area contributed by atoms with Crippen molar-refractivity contribution >= 4 is 5.78 Å². The lowest BCUT2D eigenvalue weighted by molar-refractivity contribution is -0.135. The van der Waals surface area contributed by atoms with Crippen molar-refractivity contribution in [1.29, 1.82) is 0 Å². The Hall–Kier alpha value is -1.35. The smallest absolute Gasteiger partial charge is 0.171 e. The zero-order valence-electron chi connectivity index (χ0n) is 10.3. The Balaban J connectivity index is 2.39. The Bertz CT molecular complexity index is 427. The highest BCUT2D eigenvalue weighted by Gasteiger charge is 2.41. The van der Waals surface area contributed by atoms with Crippen LogP contribution in [0.2, 0.25) is 0 Å². The van der Waals surface area contributed by atoms with Crippen molar-refractivity contribution in [2.75, 3.05) is 7.11 Å². The number of benzene rings is 1. The van der Waals surface area contributed by atoms with E-state index in [1.165, 1.54) is 0 Å². The molecular formula is C14H18O3. The average molecular weight is 234 g/mol. The molecule has 3 heteroatoms. The molecule has 1 aliphatic carbocycles. The fourth-order valence-electron chi connectivity index (χ4n) is 2.52. The van der Waals surface area contributed by atoms with Gasteiger partial charge in [0.2, 0.25) is 0 Å². The van der Waals surface area contributed by atoms with Crippen LogP contribution in [0.1, 0.15) is 31.7 Å². The highest BCUT2D eigenvalue weighted by molar-refractivity contribution is 5.93. The molecule has 1 aromatic rings. The van der Waals surface area contributed by atoms with Gasteiger partial charge in [-0.25, -0.2) is 0 Å². The Labute approximate surface area is 101 Å². The molecule has 2 atom stereocenters. The summed E-state index contributed by atoms with van der Waals surface area (Å²) in [4.78, 5) is 12.2. The number of carbonyl (C=O) groups excluding carboxylic acids is 1. The number of hydrogen-bond acceptors (Lipinski definition) is 3. The van der Waals surface area contributed by atoms with E-state index in [2.05, 4.69) is 0 Å². The van der Waals surface area contributed by atoms with Gasteiger partial charge in [0.05, 0.1) is 12.5 Å². The van der Waals surface area contributed by atoms with E-state index >= 15 is 0 Å². The van der Waals surface area contributed by atoms with Crippen molar-refractivity contribution in [3.63, 3.8) is 0 Å². The average Bonchev–Trinajstić information content (AvgIpc) is 2.36. The highest BCUT2D eigenvalue weighted by Crippen LogP contribution is 2.37. The Morgan fingerprint density at radius 2 is 2.24 bits per heavy atom. The first-order valence-corrected chi connectivity index (χ1v) is 5.95. The first-order valence-electron chi connectivity index (χ1n) is 5.95. The standard InChI is InChI=1S/C14H18O3/c1-14(8-4-7-12(15)13(14)16)10-5-3-6-11(9-10)17-2/h3,5-6,9,12,15H,4,7-8H2,1-2H3/t12-,14+/m1/s1. The Kier molecular flexibility index (Phi) is 3.20. The number of ketones is 1. The van der Waals surface area contributed by atoms with E-state index in [9.17, 15) is 9.90 Å². The quantitative estimate of drug-likeness (QED) is 0.852. The number of rotatable bonds is 2. The Morgan fingerprint density at radius 3 is 2.94 bits per heavy atom. The zero-order chi connectivity index (χ0) is 12.5. The highest BCUT2D eigenvalue weighted by atomic mass is 16.5. The van der Waals surface area contributed by atoms with E-state index in [1.54, 1.807) is 7.11 Å². The molecule has 0 spiro atoms. The second-order valence-corrected chi connectivity index (χ2v) is 4.84. The van der Waals surface area contributed by atoms with Gasteiger partial charge in [-0.05, 0) is 43.9 Å². The van der Waals surface area contributed by atoms with Gasteiger partial charge in [-0.15, -0.1) is 0 Å². The molecule has 1 N–H and O–H groups in total. The second kappa shape index (κ2) is 4.49. The van der Waals surface area contributed by atoms with E-state index in [4.69, 9.17) is 4.74 Å². The third-order valence-corrected chi connectivity index (χ3v) is 3.71. The van der Waals surface area contributed by atoms with Crippen molar-refractivity contribution < 1.29 is 14.6 Å². The fraction of sp³-hybridized carbons (Fsp3) is 0.500. The summed E-state index contributed by atoms with van der Waals surface area (Å²) in [5.74, 6) is 0.675. The summed E-state index contributed by atoms with van der Waals surface area (Å²) in [6, 6.07) is 7.55. The molecule has 92 valence electrons. The lowest BCUT2D eigenvalue weighted by atomic mass is 9.69. The SMILES string of the molecule is COc1cccc([C@]2(C)CCC[C@@H](O)C2=O)c1. The molecule has 0 bridgehead atoms. The minimum absolute atomic E-state index is 0.0722. The summed E-state index contributed by atoms with van der Waals surface area (Å²) >= 11 is 0. The first kappa shape index (κ1) is 12.1. The monoisotopic (exact) mass is 234 g/mol. The van der Waals surface area contributed by atoms with Crippen LogP contribution in [-0.2, 0) is 10.2 Å². The van der Waals surface area contributed by atoms with Gasteiger partial charge in [0.1, 0.15) is 11.9 Å². The number of aliphatic hydroxyl groups is 1. The van der Waals surface area contributed by atoms with Crippen molar-refractivity contribution in [3.8, 4) is 5.75 Å². The molecular weight excluding hydrogens is 216 g/mol. The predicted molar refractivity (Wildman–Crippen MR) is 65.2 cm³/mol. The van der Waals surface area contributed by atoms with E-state index in [-0.39, 0.29) is 5.78 Å². The summed E-state index contributed by atoms with van der Waals surface area (Å²) in [7, 11) is 1.61. The number of methoxy groups -OCH3 is 1. The van der Waals surface area contributed by atoms with Crippen molar-refractivity contribution in [2.45, 2.75) is 37.7 Å². The fourth-order valence-corrected chi connectivity index (χ4v) is 2.52. The normalized spacial score (nSPS) is 29.1. The Morgan fingerprint density at radius 1 is 1.47 bits per heavy atom. The van der Waals surface area contributed by atoms with Crippen molar-refractivity contribution in [3.05, 3.63) is 29.8 Å². The summed E-state index contributed by atoms with van der Waals surface area (Å²) in [5, 5.41) is 9.72. The van der Waals surface area contributed by atoms with Crippen molar-refractivity contribution in [2.24, 2.45) is 0 Å². The molecule has 1 fully saturated rings. The zero-order valence-corrected chi connectivity index (χ0v) is 10.3. The van der Waals surface area contributed by atoms with Crippen LogP contribution in [0.3, 0.4) is 0 Å². The largest absolute Gasteiger partial charge is 0.497 e. The third kappa shape index (κ3) is 2.07. The van der Waals surface area contributed by atoms with Gasteiger partial charge >= 0.3 is 0 Å². The first-order chi connectivity index (χ1) is 8.08. The molecule has 3 nitrogen and oxygen atoms in total. The lowest BCUT2D eigenvalue weighted by Crippen LogP contribution is -2.43. The van der Waals surface area contributed by atoms with Crippen LogP contribution in [0.25, 0.3) is 0 Å². The van der Waals surface area contributed by atoms with Crippen LogP contribution in [0.15, 0.2) is 24.3 Å². The van der Waals surface area contributed by atoms with Crippen molar-refractivity contribution in [1.82, 2.24) is 0 Å². The van der Waals surface area contributed by atoms with Gasteiger partial charge in [-0.2, -0.15) is 0 Å². The van der Waals surface area contributed by atoms with Gasteiger partial charge in [0.25, 0.3) is 0 Å². The molecule has 0 aromatic heterocycles. The van der Waals surface area contributed by atoms with Gasteiger partial charge < -0.3 is 9.84 Å². The minimum atomic E-state index is -0.819. The van der Waals surface area contributed by atoms with Crippen LogP contribution in [0.4, 0.5) is 0 Å². The van der Waals surface area contributed by atoms with Crippen LogP contribution in [0.5, 0.6) is 5.75 Å². The maximum absolute atomic E-state index is 12.2. The number of ether oxygens (including phenoxy) is 1. The van der Waals surface area contributed by atoms with Gasteiger partial charge in [0.15, 0.2) is 5.78 Å². The second-order valence-electron chi connectivity index (χ2n) is 4.84. The number of Topliss-reactive ketones (excluding diaryl/α,β-unsaturated/α-hetero) is 1. The third-order valence-electron chi connectivity index (χ3n) is 3.71. The minimum Gasteiger partial charge on any atom is -0.497 e. The van der Waals surface area contributed by atoms with Crippen LogP contribution < -0.4 is 4.74 Å². The molecule has 1 aliphatic rings. The van der Waals surface area contributed by atoms with Gasteiger partial charge in [-0.3, -0.25) is 4.79 Å². The molecule has 1 aromatic carbocycles. The summed E-state index contributed by atoms with van der Waals surface area (Å²) in [6.07, 6.45) is 1.43. The molecule has 2 rings (SSSR count). The van der Waals surface area contributed by atoms with E-state index in [0.29, 0.717) is 6.42 Å².